The molecule has 0 amide bonds. The van der Waals surface area contributed by atoms with E-state index in [9.17, 15) is 0 Å². The molecule has 3 heteroatoms. The fourth-order valence-electron chi connectivity index (χ4n) is 1.51. The molecule has 1 aromatic rings. The van der Waals surface area contributed by atoms with Gasteiger partial charge in [-0.3, -0.25) is 0 Å². The van der Waals surface area contributed by atoms with E-state index in [-0.39, 0.29) is 12.7 Å². The van der Waals surface area contributed by atoms with Crippen LogP contribution in [0.25, 0.3) is 0 Å². The van der Waals surface area contributed by atoms with Crippen LogP contribution in [-0.2, 0) is 16.1 Å². The molecule has 0 unspecified atom stereocenters. The summed E-state index contributed by atoms with van der Waals surface area (Å²) in [6.45, 7) is 5.83. The molecule has 3 nitrogen and oxygen atoms in total. The molecule has 0 aliphatic rings. The summed E-state index contributed by atoms with van der Waals surface area (Å²) in [5.74, 6) is 5.98. The molecule has 104 valence electrons. The second-order valence-corrected chi connectivity index (χ2v) is 4.40. The lowest BCUT2D eigenvalue weighted by molar-refractivity contribution is 0.0142. The smallest absolute Gasteiger partial charge is 0.0730 e. The van der Waals surface area contributed by atoms with Crippen molar-refractivity contribution in [2.75, 3.05) is 19.8 Å². The number of benzene rings is 1. The molecule has 0 saturated carbocycles. The fraction of sp³-hybridized carbons (Fsp3) is 0.500. The van der Waals surface area contributed by atoms with Gasteiger partial charge >= 0.3 is 0 Å². The van der Waals surface area contributed by atoms with Crippen molar-refractivity contribution in [2.45, 2.75) is 33.0 Å². The third-order valence-corrected chi connectivity index (χ3v) is 2.41. The van der Waals surface area contributed by atoms with E-state index in [0.29, 0.717) is 26.2 Å². The van der Waals surface area contributed by atoms with Gasteiger partial charge in [0, 0.05) is 12.0 Å². The molecule has 0 radical (unpaired) electrons. The Morgan fingerprint density at radius 1 is 1.21 bits per heavy atom. The molecule has 0 aliphatic carbocycles. The second-order valence-electron chi connectivity index (χ2n) is 4.40. The van der Waals surface area contributed by atoms with Crippen LogP contribution in [0.15, 0.2) is 24.3 Å². The minimum absolute atomic E-state index is 0.0954. The van der Waals surface area contributed by atoms with Crippen molar-refractivity contribution >= 4 is 0 Å². The Bertz CT molecular complexity index is 415. The van der Waals surface area contributed by atoms with Gasteiger partial charge in [0.1, 0.15) is 0 Å². The Morgan fingerprint density at radius 3 is 2.74 bits per heavy atom. The molecule has 1 aromatic carbocycles. The van der Waals surface area contributed by atoms with Crippen molar-refractivity contribution in [1.82, 2.24) is 0 Å². The second kappa shape index (κ2) is 9.57. The quantitative estimate of drug-likeness (QED) is 0.605. The summed E-state index contributed by atoms with van der Waals surface area (Å²) in [5, 5.41) is 8.72. The van der Waals surface area contributed by atoms with Crippen molar-refractivity contribution in [2.24, 2.45) is 0 Å². The fourth-order valence-corrected chi connectivity index (χ4v) is 1.51. The Morgan fingerprint density at radius 2 is 2.00 bits per heavy atom. The van der Waals surface area contributed by atoms with Gasteiger partial charge in [0.05, 0.1) is 32.5 Å². The van der Waals surface area contributed by atoms with E-state index < -0.39 is 0 Å². The van der Waals surface area contributed by atoms with Crippen LogP contribution >= 0.6 is 0 Å². The molecule has 1 N–H and O–H groups in total. The summed E-state index contributed by atoms with van der Waals surface area (Å²) in [4.78, 5) is 0. The number of aliphatic hydroxyl groups is 1. The zero-order valence-corrected chi connectivity index (χ0v) is 11.7. The maximum Gasteiger partial charge on any atom is 0.0730 e. The lowest BCUT2D eigenvalue weighted by Gasteiger charge is -2.09. The zero-order valence-electron chi connectivity index (χ0n) is 11.7. The van der Waals surface area contributed by atoms with Crippen LogP contribution in [0, 0.1) is 11.8 Å². The summed E-state index contributed by atoms with van der Waals surface area (Å²) in [5.41, 5.74) is 2.03. The normalized spacial score (nSPS) is 10.3. The number of ether oxygens (including phenoxy) is 2. The summed E-state index contributed by atoms with van der Waals surface area (Å²) < 4.78 is 11.0. The van der Waals surface area contributed by atoms with Gasteiger partial charge in [0.15, 0.2) is 0 Å². The molecule has 0 aliphatic heterocycles. The van der Waals surface area contributed by atoms with Gasteiger partial charge in [0.2, 0.25) is 0 Å². The summed E-state index contributed by atoms with van der Waals surface area (Å²) in [7, 11) is 0. The van der Waals surface area contributed by atoms with Crippen molar-refractivity contribution in [3.05, 3.63) is 35.4 Å². The third kappa shape index (κ3) is 6.97. The molecular formula is C16H22O3. The van der Waals surface area contributed by atoms with E-state index in [1.165, 1.54) is 0 Å². The summed E-state index contributed by atoms with van der Waals surface area (Å²) in [6.07, 6.45) is 0.734. The molecule has 0 spiro atoms. The molecule has 0 saturated heterocycles. The van der Waals surface area contributed by atoms with Crippen molar-refractivity contribution in [3.8, 4) is 11.8 Å². The van der Waals surface area contributed by atoms with Crippen LogP contribution in [0.5, 0.6) is 0 Å². The van der Waals surface area contributed by atoms with E-state index in [0.717, 1.165) is 11.1 Å². The molecule has 0 fully saturated rings. The molecule has 0 atom stereocenters. The largest absolute Gasteiger partial charge is 0.395 e. The molecule has 0 bridgehead atoms. The van der Waals surface area contributed by atoms with Gasteiger partial charge in [-0.25, -0.2) is 0 Å². The van der Waals surface area contributed by atoms with Crippen LogP contribution < -0.4 is 0 Å². The molecular weight excluding hydrogens is 240 g/mol. The summed E-state index contributed by atoms with van der Waals surface area (Å²) >= 11 is 0. The van der Waals surface area contributed by atoms with E-state index >= 15 is 0 Å². The maximum atomic E-state index is 8.72. The highest BCUT2D eigenvalue weighted by Crippen LogP contribution is 2.08. The Balaban J connectivity index is 2.43. The third-order valence-electron chi connectivity index (χ3n) is 2.41. The maximum absolute atomic E-state index is 8.72. The highest BCUT2D eigenvalue weighted by molar-refractivity contribution is 5.40. The van der Waals surface area contributed by atoms with Crippen molar-refractivity contribution in [1.29, 1.82) is 0 Å². The topological polar surface area (TPSA) is 38.7 Å². The first-order valence-corrected chi connectivity index (χ1v) is 6.61. The van der Waals surface area contributed by atoms with Gasteiger partial charge < -0.3 is 14.6 Å². The van der Waals surface area contributed by atoms with Gasteiger partial charge in [-0.15, -0.1) is 0 Å². The number of hydrogen-bond donors (Lipinski definition) is 1. The average molecular weight is 262 g/mol. The average Bonchev–Trinajstić information content (AvgIpc) is 2.40. The van der Waals surface area contributed by atoms with E-state index in [4.69, 9.17) is 14.6 Å². The Hall–Kier alpha value is -1.34. The van der Waals surface area contributed by atoms with Gasteiger partial charge in [-0.1, -0.05) is 30.0 Å². The Kier molecular flexibility index (Phi) is 7.92. The van der Waals surface area contributed by atoms with Crippen molar-refractivity contribution in [3.63, 3.8) is 0 Å². The van der Waals surface area contributed by atoms with Crippen LogP contribution in [0.2, 0.25) is 0 Å². The van der Waals surface area contributed by atoms with Crippen LogP contribution in [0.3, 0.4) is 0 Å². The monoisotopic (exact) mass is 262 g/mol. The first kappa shape index (κ1) is 15.7. The number of rotatable bonds is 7. The highest BCUT2D eigenvalue weighted by Gasteiger charge is 1.99. The van der Waals surface area contributed by atoms with Gasteiger partial charge in [-0.2, -0.15) is 0 Å². The van der Waals surface area contributed by atoms with Crippen LogP contribution in [0.1, 0.15) is 31.4 Å². The van der Waals surface area contributed by atoms with E-state index in [1.807, 2.05) is 38.1 Å². The molecule has 1 rings (SSSR count). The molecule has 0 heterocycles. The minimum atomic E-state index is 0.0954. The Labute approximate surface area is 115 Å². The first-order valence-electron chi connectivity index (χ1n) is 6.61. The van der Waals surface area contributed by atoms with Gasteiger partial charge in [0.25, 0.3) is 0 Å². The van der Waals surface area contributed by atoms with Gasteiger partial charge in [-0.05, 0) is 25.5 Å². The highest BCUT2D eigenvalue weighted by atomic mass is 16.5. The zero-order chi connectivity index (χ0) is 13.9. The lowest BCUT2D eigenvalue weighted by Crippen LogP contribution is -2.09. The first-order chi connectivity index (χ1) is 9.24. The van der Waals surface area contributed by atoms with Crippen LogP contribution in [0.4, 0.5) is 0 Å². The predicted octanol–water partition coefficient (Wildman–Crippen LogP) is 2.36. The molecule has 19 heavy (non-hydrogen) atoms. The predicted molar refractivity (Wildman–Crippen MR) is 75.8 cm³/mol. The van der Waals surface area contributed by atoms with E-state index in [2.05, 4.69) is 11.8 Å². The minimum Gasteiger partial charge on any atom is -0.395 e. The molecule has 0 aromatic heterocycles. The number of aliphatic hydroxyl groups excluding tert-OH is 1. The summed E-state index contributed by atoms with van der Waals surface area (Å²) in [6, 6.07) is 7.90. The SMILES string of the molecule is CC(C)OCCOCc1ccccc1C#CCCO. The van der Waals surface area contributed by atoms with E-state index in [1.54, 1.807) is 0 Å². The standard InChI is InChI=1S/C16H22O3/c1-14(2)19-12-11-18-13-16-9-4-3-7-15(16)8-5-6-10-17/h3-4,7,9,14,17H,6,10-13H2,1-2H3. The lowest BCUT2D eigenvalue weighted by atomic mass is 10.1. The number of hydrogen-bond acceptors (Lipinski definition) is 3. The van der Waals surface area contributed by atoms with Crippen molar-refractivity contribution < 1.29 is 14.6 Å². The van der Waals surface area contributed by atoms with Crippen LogP contribution in [-0.4, -0.2) is 31.0 Å².